The van der Waals surface area contributed by atoms with Crippen LogP contribution in [0.5, 0.6) is 0 Å². The molecule has 3 aromatic rings. The van der Waals surface area contributed by atoms with Gasteiger partial charge < -0.3 is 9.80 Å². The van der Waals surface area contributed by atoms with Gasteiger partial charge in [0.05, 0.1) is 11.1 Å². The SMILES string of the molecule is CCc1cc(N2CCN(C(=O)c3ccccc3C(F)(F)F)CC2)n2ncnc2n1. The van der Waals surface area contributed by atoms with Crippen LogP contribution in [0.4, 0.5) is 19.0 Å². The second-order valence-electron chi connectivity index (χ2n) is 6.75. The van der Waals surface area contributed by atoms with Crippen LogP contribution in [0.25, 0.3) is 5.78 Å². The fourth-order valence-electron chi connectivity index (χ4n) is 3.48. The second-order valence-corrected chi connectivity index (χ2v) is 6.75. The van der Waals surface area contributed by atoms with Gasteiger partial charge in [0.25, 0.3) is 11.7 Å². The smallest absolute Gasteiger partial charge is 0.353 e. The third kappa shape index (κ3) is 3.62. The number of anilines is 1. The van der Waals surface area contributed by atoms with Crippen molar-refractivity contribution in [1.82, 2.24) is 24.5 Å². The Morgan fingerprint density at radius 3 is 2.55 bits per heavy atom. The van der Waals surface area contributed by atoms with Gasteiger partial charge in [-0.1, -0.05) is 19.1 Å². The summed E-state index contributed by atoms with van der Waals surface area (Å²) in [6.45, 7) is 3.56. The van der Waals surface area contributed by atoms with Crippen molar-refractivity contribution in [2.24, 2.45) is 0 Å². The number of rotatable bonds is 3. The Balaban J connectivity index is 1.54. The highest BCUT2D eigenvalue weighted by Gasteiger charge is 2.36. The van der Waals surface area contributed by atoms with Crippen molar-refractivity contribution >= 4 is 17.5 Å². The maximum Gasteiger partial charge on any atom is 0.417 e. The number of benzene rings is 1. The minimum atomic E-state index is -4.57. The zero-order valence-electron chi connectivity index (χ0n) is 15.7. The molecule has 0 radical (unpaired) electrons. The summed E-state index contributed by atoms with van der Waals surface area (Å²) in [6, 6.07) is 6.83. The molecule has 0 saturated carbocycles. The lowest BCUT2D eigenvalue weighted by Gasteiger charge is -2.36. The summed E-state index contributed by atoms with van der Waals surface area (Å²) in [6.07, 6.45) is -2.40. The molecule has 1 fully saturated rings. The van der Waals surface area contributed by atoms with E-state index in [1.807, 2.05) is 17.9 Å². The molecule has 0 aliphatic carbocycles. The molecule has 0 N–H and O–H groups in total. The van der Waals surface area contributed by atoms with E-state index in [2.05, 4.69) is 15.1 Å². The highest BCUT2D eigenvalue weighted by molar-refractivity contribution is 5.96. The van der Waals surface area contributed by atoms with E-state index < -0.39 is 17.6 Å². The first-order valence-electron chi connectivity index (χ1n) is 9.28. The van der Waals surface area contributed by atoms with E-state index in [1.54, 1.807) is 4.52 Å². The Labute approximate surface area is 164 Å². The zero-order valence-corrected chi connectivity index (χ0v) is 15.7. The lowest BCUT2D eigenvalue weighted by Crippen LogP contribution is -2.49. The Bertz CT molecular complexity index is 1040. The highest BCUT2D eigenvalue weighted by Crippen LogP contribution is 2.32. The molecule has 3 heterocycles. The lowest BCUT2D eigenvalue weighted by atomic mass is 10.1. The van der Waals surface area contributed by atoms with Crippen molar-refractivity contribution in [3.63, 3.8) is 0 Å². The number of piperazine rings is 1. The first kappa shape index (κ1) is 19.2. The Hall–Kier alpha value is -3.17. The van der Waals surface area contributed by atoms with Gasteiger partial charge in [-0.05, 0) is 18.6 Å². The fraction of sp³-hybridized carbons (Fsp3) is 0.368. The predicted molar refractivity (Wildman–Crippen MR) is 99.7 cm³/mol. The molecule has 1 aromatic carbocycles. The van der Waals surface area contributed by atoms with E-state index in [-0.39, 0.29) is 5.56 Å². The molecule has 10 heteroatoms. The molecule has 0 spiro atoms. The van der Waals surface area contributed by atoms with Gasteiger partial charge in [-0.15, -0.1) is 0 Å². The van der Waals surface area contributed by atoms with E-state index in [1.165, 1.54) is 29.4 Å². The first-order chi connectivity index (χ1) is 13.9. The van der Waals surface area contributed by atoms with Crippen LogP contribution in [0.1, 0.15) is 28.5 Å². The van der Waals surface area contributed by atoms with Gasteiger partial charge >= 0.3 is 6.18 Å². The standard InChI is InChI=1S/C19H19F3N6O/c1-2-13-11-16(28-18(25-13)23-12-24-28)26-7-9-27(10-8-26)17(29)14-5-3-4-6-15(14)19(20,21)22/h3-6,11-12H,2,7-10H2,1H3. The number of amides is 1. The third-order valence-electron chi connectivity index (χ3n) is 5.00. The highest BCUT2D eigenvalue weighted by atomic mass is 19.4. The summed E-state index contributed by atoms with van der Waals surface area (Å²) < 4.78 is 41.4. The predicted octanol–water partition coefficient (Wildman–Crippen LogP) is 2.67. The number of fused-ring (bicyclic) bond motifs is 1. The topological polar surface area (TPSA) is 66.6 Å². The largest absolute Gasteiger partial charge is 0.417 e. The van der Waals surface area contributed by atoms with Crippen molar-refractivity contribution in [2.45, 2.75) is 19.5 Å². The summed E-state index contributed by atoms with van der Waals surface area (Å²) in [5.74, 6) is 0.705. The van der Waals surface area contributed by atoms with Crippen molar-refractivity contribution in [2.75, 3.05) is 31.1 Å². The average molecular weight is 404 g/mol. The molecule has 0 atom stereocenters. The summed E-state index contributed by atoms with van der Waals surface area (Å²) in [7, 11) is 0. The van der Waals surface area contributed by atoms with Crippen LogP contribution < -0.4 is 4.90 Å². The average Bonchev–Trinajstić information content (AvgIpc) is 3.20. The van der Waals surface area contributed by atoms with Gasteiger partial charge in [0.15, 0.2) is 0 Å². The Morgan fingerprint density at radius 1 is 1.14 bits per heavy atom. The van der Waals surface area contributed by atoms with Crippen molar-refractivity contribution in [1.29, 1.82) is 0 Å². The normalized spacial score (nSPS) is 15.2. The van der Waals surface area contributed by atoms with Gasteiger partial charge in [-0.25, -0.2) is 4.98 Å². The number of aryl methyl sites for hydroxylation is 1. The maximum atomic E-state index is 13.2. The van der Waals surface area contributed by atoms with Gasteiger partial charge in [0.2, 0.25) is 0 Å². The molecule has 0 bridgehead atoms. The summed E-state index contributed by atoms with van der Waals surface area (Å²) in [4.78, 5) is 24.8. The van der Waals surface area contributed by atoms with Crippen molar-refractivity contribution in [3.8, 4) is 0 Å². The minimum Gasteiger partial charge on any atom is -0.353 e. The lowest BCUT2D eigenvalue weighted by molar-refractivity contribution is -0.138. The molecule has 4 rings (SSSR count). The van der Waals surface area contributed by atoms with Crippen molar-refractivity contribution < 1.29 is 18.0 Å². The van der Waals surface area contributed by atoms with Crippen LogP contribution in [0, 0.1) is 0 Å². The molecule has 0 unspecified atom stereocenters. The number of alkyl halides is 3. The molecule has 152 valence electrons. The molecular formula is C19H19F3N6O. The number of carbonyl (C=O) groups is 1. The first-order valence-corrected chi connectivity index (χ1v) is 9.28. The van der Waals surface area contributed by atoms with Crippen molar-refractivity contribution in [3.05, 3.63) is 53.5 Å². The van der Waals surface area contributed by atoms with Crippen LogP contribution in [-0.4, -0.2) is 56.6 Å². The second kappa shape index (κ2) is 7.34. The molecule has 1 saturated heterocycles. The fourth-order valence-corrected chi connectivity index (χ4v) is 3.48. The van der Waals surface area contributed by atoms with Crippen LogP contribution >= 0.6 is 0 Å². The van der Waals surface area contributed by atoms with Crippen LogP contribution in [0.3, 0.4) is 0 Å². The van der Waals surface area contributed by atoms with E-state index >= 15 is 0 Å². The number of halogens is 3. The van der Waals surface area contributed by atoms with E-state index in [4.69, 9.17) is 0 Å². The molecule has 1 amide bonds. The van der Waals surface area contributed by atoms with Crippen LogP contribution in [0.2, 0.25) is 0 Å². The zero-order chi connectivity index (χ0) is 20.6. The third-order valence-corrected chi connectivity index (χ3v) is 5.00. The van der Waals surface area contributed by atoms with E-state index in [0.29, 0.717) is 32.0 Å². The van der Waals surface area contributed by atoms with Gasteiger partial charge in [0, 0.05) is 37.9 Å². The number of nitrogens with zero attached hydrogens (tertiary/aromatic N) is 6. The maximum absolute atomic E-state index is 13.2. The van der Waals surface area contributed by atoms with E-state index in [9.17, 15) is 18.0 Å². The van der Waals surface area contributed by atoms with Gasteiger partial charge in [0.1, 0.15) is 12.1 Å². The Morgan fingerprint density at radius 2 is 1.86 bits per heavy atom. The Kier molecular flexibility index (Phi) is 4.85. The number of hydrogen-bond donors (Lipinski definition) is 0. The monoisotopic (exact) mass is 404 g/mol. The van der Waals surface area contributed by atoms with Crippen LogP contribution in [0.15, 0.2) is 36.7 Å². The van der Waals surface area contributed by atoms with Gasteiger partial charge in [-0.2, -0.15) is 27.8 Å². The number of carbonyl (C=O) groups excluding carboxylic acids is 1. The van der Waals surface area contributed by atoms with Gasteiger partial charge in [-0.3, -0.25) is 4.79 Å². The minimum absolute atomic E-state index is 0.311. The molecule has 1 aliphatic rings. The molecule has 2 aromatic heterocycles. The van der Waals surface area contributed by atoms with E-state index in [0.717, 1.165) is 24.0 Å². The number of hydrogen-bond acceptors (Lipinski definition) is 5. The summed E-state index contributed by atoms with van der Waals surface area (Å²) in [5, 5.41) is 4.21. The molecule has 1 aliphatic heterocycles. The number of aromatic nitrogens is 4. The molecule has 29 heavy (non-hydrogen) atoms. The summed E-state index contributed by atoms with van der Waals surface area (Å²) >= 11 is 0. The molecule has 7 nitrogen and oxygen atoms in total. The quantitative estimate of drug-likeness (QED) is 0.672. The van der Waals surface area contributed by atoms with Crippen LogP contribution in [-0.2, 0) is 12.6 Å². The molecular weight excluding hydrogens is 385 g/mol. The summed E-state index contributed by atoms with van der Waals surface area (Å²) in [5.41, 5.74) is -0.346.